The van der Waals surface area contributed by atoms with Gasteiger partial charge < -0.3 is 4.90 Å². The molecule has 1 aromatic carbocycles. The fraction of sp³-hybridized carbons (Fsp3) is 0.500. The normalized spacial score (nSPS) is 14.9. The highest BCUT2D eigenvalue weighted by Gasteiger charge is 2.11. The minimum atomic E-state index is 0.181. The molecule has 1 aromatic rings. The van der Waals surface area contributed by atoms with Crippen molar-refractivity contribution >= 4 is 17.3 Å². The van der Waals surface area contributed by atoms with Crippen molar-refractivity contribution in [2.24, 2.45) is 0 Å². The number of alkyl halides is 1. The van der Waals surface area contributed by atoms with Gasteiger partial charge in [-0.25, -0.2) is 0 Å². The Kier molecular flexibility index (Phi) is 3.82. The Balaban J connectivity index is 2.83. The van der Waals surface area contributed by atoms with Crippen LogP contribution >= 0.6 is 11.6 Å². The molecule has 0 aliphatic rings. The first-order valence-corrected chi connectivity index (χ1v) is 5.37. The van der Waals surface area contributed by atoms with E-state index < -0.39 is 0 Å². The van der Waals surface area contributed by atoms with Crippen LogP contribution < -0.4 is 4.90 Å². The first-order chi connectivity index (χ1) is 6.52. The highest BCUT2D eigenvalue weighted by atomic mass is 35.5. The van der Waals surface area contributed by atoms with Crippen LogP contribution in [0.25, 0.3) is 0 Å². The number of hydrogen-bond acceptors (Lipinski definition) is 1. The minimum Gasteiger partial charge on any atom is -0.378 e. The van der Waals surface area contributed by atoms with Gasteiger partial charge in [0.1, 0.15) is 0 Å². The van der Waals surface area contributed by atoms with Crippen LogP contribution in [0.2, 0.25) is 0 Å². The van der Waals surface area contributed by atoms with Gasteiger partial charge in [-0.15, -0.1) is 11.6 Å². The molecule has 0 saturated carbocycles. The van der Waals surface area contributed by atoms with Crippen molar-refractivity contribution in [3.8, 4) is 0 Å². The molecule has 2 atom stereocenters. The van der Waals surface area contributed by atoms with E-state index in [-0.39, 0.29) is 5.38 Å². The van der Waals surface area contributed by atoms with Crippen LogP contribution in [0.1, 0.15) is 25.3 Å². The third-order valence-corrected chi connectivity index (χ3v) is 3.00. The van der Waals surface area contributed by atoms with E-state index in [1.165, 1.54) is 11.3 Å². The molecule has 1 rings (SSSR count). The summed E-state index contributed by atoms with van der Waals surface area (Å²) in [5.74, 6) is 0.410. The first kappa shape index (κ1) is 11.4. The van der Waals surface area contributed by atoms with Gasteiger partial charge in [0.05, 0.1) is 0 Å². The van der Waals surface area contributed by atoms with E-state index in [4.69, 9.17) is 11.6 Å². The molecule has 0 fully saturated rings. The van der Waals surface area contributed by atoms with Crippen molar-refractivity contribution in [3.63, 3.8) is 0 Å². The van der Waals surface area contributed by atoms with Crippen LogP contribution in [0.4, 0.5) is 5.69 Å². The van der Waals surface area contributed by atoms with E-state index in [0.717, 1.165) is 0 Å². The average molecular weight is 212 g/mol. The molecule has 0 saturated heterocycles. The predicted octanol–water partition coefficient (Wildman–Crippen LogP) is 3.48. The van der Waals surface area contributed by atoms with Gasteiger partial charge in [-0.3, -0.25) is 0 Å². The molecule has 1 nitrogen and oxygen atoms in total. The van der Waals surface area contributed by atoms with Crippen molar-refractivity contribution in [2.45, 2.75) is 25.1 Å². The highest BCUT2D eigenvalue weighted by Crippen LogP contribution is 2.24. The summed E-state index contributed by atoms with van der Waals surface area (Å²) in [5.41, 5.74) is 2.53. The molecule has 14 heavy (non-hydrogen) atoms. The number of anilines is 1. The second-order valence-electron chi connectivity index (χ2n) is 3.95. The summed E-state index contributed by atoms with van der Waals surface area (Å²) >= 11 is 6.05. The maximum absolute atomic E-state index is 6.05. The van der Waals surface area contributed by atoms with Gasteiger partial charge in [0, 0.05) is 25.2 Å². The zero-order chi connectivity index (χ0) is 10.7. The zero-order valence-corrected chi connectivity index (χ0v) is 10.0. The van der Waals surface area contributed by atoms with Crippen molar-refractivity contribution in [1.82, 2.24) is 0 Å². The lowest BCUT2D eigenvalue weighted by molar-refractivity contribution is 0.742. The molecule has 78 valence electrons. The lowest BCUT2D eigenvalue weighted by Crippen LogP contribution is -2.09. The number of halogens is 1. The van der Waals surface area contributed by atoms with Crippen molar-refractivity contribution in [1.29, 1.82) is 0 Å². The maximum atomic E-state index is 6.05. The summed E-state index contributed by atoms with van der Waals surface area (Å²) in [4.78, 5) is 2.10. The highest BCUT2D eigenvalue weighted by molar-refractivity contribution is 6.20. The SMILES string of the molecule is CC(Cl)C(C)c1ccc(N(C)C)cc1. The smallest absolute Gasteiger partial charge is 0.0373 e. The fourth-order valence-corrected chi connectivity index (χ4v) is 1.49. The van der Waals surface area contributed by atoms with Crippen molar-refractivity contribution < 1.29 is 0 Å². The van der Waals surface area contributed by atoms with Crippen molar-refractivity contribution in [3.05, 3.63) is 29.8 Å². The first-order valence-electron chi connectivity index (χ1n) is 4.93. The van der Waals surface area contributed by atoms with Gasteiger partial charge in [-0.05, 0) is 30.5 Å². The largest absolute Gasteiger partial charge is 0.378 e. The standard InChI is InChI=1S/C12H18ClN/c1-9(10(2)13)11-5-7-12(8-6-11)14(3)4/h5-10H,1-4H3. The van der Waals surface area contributed by atoms with Crippen LogP contribution in [0.3, 0.4) is 0 Å². The molecule has 0 aliphatic carbocycles. The molecular weight excluding hydrogens is 194 g/mol. The lowest BCUT2D eigenvalue weighted by Gasteiger charge is -2.17. The predicted molar refractivity (Wildman–Crippen MR) is 64.5 cm³/mol. The molecule has 0 aromatic heterocycles. The molecule has 0 heterocycles. The molecular formula is C12H18ClN. The number of nitrogens with zero attached hydrogens (tertiary/aromatic N) is 1. The molecule has 0 aliphatic heterocycles. The molecule has 0 amide bonds. The molecule has 0 spiro atoms. The maximum Gasteiger partial charge on any atom is 0.0373 e. The summed E-state index contributed by atoms with van der Waals surface area (Å²) in [6.45, 7) is 4.19. The lowest BCUT2D eigenvalue weighted by atomic mass is 9.98. The van der Waals surface area contributed by atoms with E-state index in [1.807, 2.05) is 21.0 Å². The quantitative estimate of drug-likeness (QED) is 0.692. The Morgan fingerprint density at radius 2 is 1.57 bits per heavy atom. The monoisotopic (exact) mass is 211 g/mol. The summed E-state index contributed by atoms with van der Waals surface area (Å²) in [7, 11) is 4.09. The van der Waals surface area contributed by atoms with Crippen LogP contribution in [-0.4, -0.2) is 19.5 Å². The van der Waals surface area contributed by atoms with Crippen molar-refractivity contribution in [2.75, 3.05) is 19.0 Å². The molecule has 2 heteroatoms. The third kappa shape index (κ3) is 2.65. The fourth-order valence-electron chi connectivity index (χ4n) is 1.34. The van der Waals surface area contributed by atoms with Gasteiger partial charge in [0.25, 0.3) is 0 Å². The summed E-state index contributed by atoms with van der Waals surface area (Å²) < 4.78 is 0. The summed E-state index contributed by atoms with van der Waals surface area (Å²) in [5, 5.41) is 0.181. The van der Waals surface area contributed by atoms with E-state index in [1.54, 1.807) is 0 Å². The summed E-state index contributed by atoms with van der Waals surface area (Å²) in [6.07, 6.45) is 0. The Hall–Kier alpha value is -0.690. The number of hydrogen-bond donors (Lipinski definition) is 0. The Morgan fingerprint density at radius 1 is 1.07 bits per heavy atom. The van der Waals surface area contributed by atoms with Gasteiger partial charge in [0.2, 0.25) is 0 Å². The van der Waals surface area contributed by atoms with E-state index in [9.17, 15) is 0 Å². The van der Waals surface area contributed by atoms with Gasteiger partial charge in [-0.2, -0.15) is 0 Å². The minimum absolute atomic E-state index is 0.181. The van der Waals surface area contributed by atoms with E-state index in [0.29, 0.717) is 5.92 Å². The Bertz CT molecular complexity index is 277. The third-order valence-electron chi connectivity index (χ3n) is 2.62. The Labute approximate surface area is 91.7 Å². The van der Waals surface area contributed by atoms with Crippen LogP contribution in [0, 0.1) is 0 Å². The molecule has 2 unspecified atom stereocenters. The van der Waals surface area contributed by atoms with Gasteiger partial charge >= 0.3 is 0 Å². The van der Waals surface area contributed by atoms with Gasteiger partial charge in [0.15, 0.2) is 0 Å². The summed E-state index contributed by atoms with van der Waals surface area (Å²) in [6, 6.07) is 8.56. The number of benzene rings is 1. The molecule has 0 bridgehead atoms. The topological polar surface area (TPSA) is 3.24 Å². The van der Waals surface area contributed by atoms with Crippen LogP contribution in [0.15, 0.2) is 24.3 Å². The Morgan fingerprint density at radius 3 is 1.93 bits per heavy atom. The van der Waals surface area contributed by atoms with Gasteiger partial charge in [-0.1, -0.05) is 19.1 Å². The number of rotatable bonds is 3. The van der Waals surface area contributed by atoms with E-state index >= 15 is 0 Å². The average Bonchev–Trinajstić information content (AvgIpc) is 2.16. The zero-order valence-electron chi connectivity index (χ0n) is 9.29. The molecule has 0 radical (unpaired) electrons. The van der Waals surface area contributed by atoms with E-state index in [2.05, 4.69) is 36.1 Å². The second-order valence-corrected chi connectivity index (χ2v) is 4.64. The van der Waals surface area contributed by atoms with Crippen LogP contribution in [0.5, 0.6) is 0 Å². The van der Waals surface area contributed by atoms with Crippen LogP contribution in [-0.2, 0) is 0 Å². The molecule has 0 N–H and O–H groups in total. The second kappa shape index (κ2) is 4.70.